The number of rotatable bonds is 3. The van der Waals surface area contributed by atoms with Crippen molar-refractivity contribution >= 4 is 22.7 Å². The Morgan fingerprint density at radius 1 is 1.15 bits per heavy atom. The number of carbonyl (C=O) groups excluding carboxylic acids is 2. The fraction of sp³-hybridized carbons (Fsp3) is 0.227. The average Bonchev–Trinajstić information content (AvgIpc) is 2.69. The summed E-state index contributed by atoms with van der Waals surface area (Å²) in [6.45, 7) is 2.85. The first-order valence-electron chi connectivity index (χ1n) is 9.12. The maximum Gasteiger partial charge on any atom is 0.255 e. The molecule has 1 saturated heterocycles. The van der Waals surface area contributed by atoms with Crippen molar-refractivity contribution in [3.63, 3.8) is 0 Å². The Labute approximate surface area is 158 Å². The Balaban J connectivity index is 1.72. The zero-order valence-corrected chi connectivity index (χ0v) is 15.2. The van der Waals surface area contributed by atoms with Crippen LogP contribution >= 0.6 is 0 Å². The minimum atomic E-state index is -0.513. The number of piperazine rings is 1. The number of carbonyl (C=O) groups is 2. The zero-order valence-electron chi connectivity index (χ0n) is 15.2. The van der Waals surface area contributed by atoms with Crippen molar-refractivity contribution in [2.24, 2.45) is 0 Å². The standard InChI is InChI=1S/C22H21N3O2/c1-15-13-18(17-9-5-6-10-19(17)24-15)22(27)25-12-11-23-21(26)20(25)14-16-7-3-2-4-8-16/h2-10,13,20H,11-12,14H2,1H3,(H,23,26). The predicted molar refractivity (Wildman–Crippen MR) is 104 cm³/mol. The molecule has 3 aromatic rings. The molecule has 5 heteroatoms. The lowest BCUT2D eigenvalue weighted by atomic mass is 10.00. The quantitative estimate of drug-likeness (QED) is 0.782. The molecule has 4 rings (SSSR count). The summed E-state index contributed by atoms with van der Waals surface area (Å²) in [6, 6.07) is 18.7. The van der Waals surface area contributed by atoms with Crippen LogP contribution in [-0.2, 0) is 11.2 Å². The van der Waals surface area contributed by atoms with Crippen molar-refractivity contribution in [2.45, 2.75) is 19.4 Å². The summed E-state index contributed by atoms with van der Waals surface area (Å²) in [5, 5.41) is 3.71. The van der Waals surface area contributed by atoms with E-state index in [9.17, 15) is 9.59 Å². The van der Waals surface area contributed by atoms with E-state index in [1.165, 1.54) is 0 Å². The number of hydrogen-bond donors (Lipinski definition) is 1. The normalized spacial score (nSPS) is 17.0. The molecule has 1 fully saturated rings. The first-order chi connectivity index (χ1) is 13.1. The van der Waals surface area contributed by atoms with Gasteiger partial charge in [-0.2, -0.15) is 0 Å². The van der Waals surface area contributed by atoms with Crippen LogP contribution < -0.4 is 5.32 Å². The van der Waals surface area contributed by atoms with Crippen LogP contribution in [0.15, 0.2) is 60.7 Å². The Hall–Kier alpha value is -3.21. The SMILES string of the molecule is Cc1cc(C(=O)N2CCNC(=O)C2Cc2ccccc2)c2ccccc2n1. The molecular weight excluding hydrogens is 338 g/mol. The molecule has 0 spiro atoms. The molecule has 1 aliphatic rings. The maximum atomic E-state index is 13.4. The summed E-state index contributed by atoms with van der Waals surface area (Å²) in [4.78, 5) is 32.2. The fourth-order valence-corrected chi connectivity index (χ4v) is 3.64. The fourth-order valence-electron chi connectivity index (χ4n) is 3.64. The van der Waals surface area contributed by atoms with E-state index < -0.39 is 6.04 Å². The summed E-state index contributed by atoms with van der Waals surface area (Å²) >= 11 is 0. The van der Waals surface area contributed by atoms with Gasteiger partial charge in [0.05, 0.1) is 11.1 Å². The first kappa shape index (κ1) is 17.2. The molecule has 27 heavy (non-hydrogen) atoms. The van der Waals surface area contributed by atoms with E-state index in [1.54, 1.807) is 4.90 Å². The molecule has 1 unspecified atom stereocenters. The van der Waals surface area contributed by atoms with Crippen molar-refractivity contribution in [3.8, 4) is 0 Å². The van der Waals surface area contributed by atoms with Crippen LogP contribution in [-0.4, -0.2) is 40.8 Å². The van der Waals surface area contributed by atoms with E-state index in [0.717, 1.165) is 22.2 Å². The predicted octanol–water partition coefficient (Wildman–Crippen LogP) is 2.73. The van der Waals surface area contributed by atoms with Gasteiger partial charge in [-0.1, -0.05) is 48.5 Å². The van der Waals surface area contributed by atoms with E-state index >= 15 is 0 Å². The van der Waals surface area contributed by atoms with Crippen LogP contribution in [0.4, 0.5) is 0 Å². The summed E-state index contributed by atoms with van der Waals surface area (Å²) in [7, 11) is 0. The molecule has 0 saturated carbocycles. The van der Waals surface area contributed by atoms with E-state index in [0.29, 0.717) is 25.1 Å². The number of amides is 2. The lowest BCUT2D eigenvalue weighted by molar-refractivity contribution is -0.127. The third-order valence-corrected chi connectivity index (χ3v) is 4.94. The molecule has 136 valence electrons. The topological polar surface area (TPSA) is 62.3 Å². The van der Waals surface area contributed by atoms with Gasteiger partial charge in [-0.3, -0.25) is 14.6 Å². The zero-order chi connectivity index (χ0) is 18.8. The summed E-state index contributed by atoms with van der Waals surface area (Å²) in [5.74, 6) is -0.221. The highest BCUT2D eigenvalue weighted by atomic mass is 16.2. The Kier molecular flexibility index (Phi) is 4.59. The van der Waals surface area contributed by atoms with E-state index in [2.05, 4.69) is 10.3 Å². The molecule has 1 aliphatic heterocycles. The first-order valence-corrected chi connectivity index (χ1v) is 9.12. The van der Waals surface area contributed by atoms with Gasteiger partial charge in [0, 0.05) is 30.6 Å². The molecule has 2 heterocycles. The maximum absolute atomic E-state index is 13.4. The molecule has 5 nitrogen and oxygen atoms in total. The van der Waals surface area contributed by atoms with Crippen molar-refractivity contribution < 1.29 is 9.59 Å². The number of hydrogen-bond acceptors (Lipinski definition) is 3. The highest BCUT2D eigenvalue weighted by Crippen LogP contribution is 2.22. The minimum absolute atomic E-state index is 0.103. The van der Waals surface area contributed by atoms with Crippen molar-refractivity contribution in [3.05, 3.63) is 77.5 Å². The summed E-state index contributed by atoms with van der Waals surface area (Å²) in [5.41, 5.74) is 3.22. The molecule has 2 aromatic carbocycles. The number of nitrogens with one attached hydrogen (secondary N) is 1. The number of aromatic nitrogens is 1. The van der Waals surface area contributed by atoms with Gasteiger partial charge < -0.3 is 10.2 Å². The number of benzene rings is 2. The second-order valence-electron chi connectivity index (χ2n) is 6.82. The molecule has 0 aliphatic carbocycles. The smallest absolute Gasteiger partial charge is 0.255 e. The van der Waals surface area contributed by atoms with Gasteiger partial charge in [-0.25, -0.2) is 0 Å². The number of pyridine rings is 1. The van der Waals surface area contributed by atoms with E-state index in [4.69, 9.17) is 0 Å². The number of aryl methyl sites for hydroxylation is 1. The van der Waals surface area contributed by atoms with Crippen LogP contribution in [0.5, 0.6) is 0 Å². The van der Waals surface area contributed by atoms with Crippen LogP contribution in [0, 0.1) is 6.92 Å². The highest BCUT2D eigenvalue weighted by molar-refractivity contribution is 6.07. The number of para-hydroxylation sites is 1. The van der Waals surface area contributed by atoms with Crippen molar-refractivity contribution in [1.29, 1.82) is 0 Å². The second kappa shape index (κ2) is 7.19. The van der Waals surface area contributed by atoms with Gasteiger partial charge in [0.2, 0.25) is 5.91 Å². The average molecular weight is 359 g/mol. The largest absolute Gasteiger partial charge is 0.353 e. The third kappa shape index (κ3) is 3.40. The van der Waals surface area contributed by atoms with Gasteiger partial charge in [-0.05, 0) is 24.6 Å². The Morgan fingerprint density at radius 2 is 1.89 bits per heavy atom. The van der Waals surface area contributed by atoms with Crippen LogP contribution in [0.25, 0.3) is 10.9 Å². The molecule has 0 bridgehead atoms. The third-order valence-electron chi connectivity index (χ3n) is 4.94. The molecule has 0 radical (unpaired) electrons. The minimum Gasteiger partial charge on any atom is -0.353 e. The van der Waals surface area contributed by atoms with Crippen molar-refractivity contribution in [1.82, 2.24) is 15.2 Å². The lowest BCUT2D eigenvalue weighted by Crippen LogP contribution is -2.58. The van der Waals surface area contributed by atoms with E-state index in [-0.39, 0.29) is 11.8 Å². The van der Waals surface area contributed by atoms with Gasteiger partial charge >= 0.3 is 0 Å². The molecular formula is C22H21N3O2. The van der Waals surface area contributed by atoms with Crippen LogP contribution in [0.2, 0.25) is 0 Å². The number of nitrogens with zero attached hydrogens (tertiary/aromatic N) is 2. The molecule has 1 aromatic heterocycles. The van der Waals surface area contributed by atoms with Gasteiger partial charge in [0.15, 0.2) is 0 Å². The molecule has 2 amide bonds. The summed E-state index contributed by atoms with van der Waals surface area (Å²) in [6.07, 6.45) is 0.500. The Morgan fingerprint density at radius 3 is 2.70 bits per heavy atom. The van der Waals surface area contributed by atoms with Gasteiger partial charge in [-0.15, -0.1) is 0 Å². The molecule has 1 atom stereocenters. The highest BCUT2D eigenvalue weighted by Gasteiger charge is 2.34. The van der Waals surface area contributed by atoms with Gasteiger partial charge in [0.1, 0.15) is 6.04 Å². The van der Waals surface area contributed by atoms with Crippen molar-refractivity contribution in [2.75, 3.05) is 13.1 Å². The number of fused-ring (bicyclic) bond motifs is 1. The summed E-state index contributed by atoms with van der Waals surface area (Å²) < 4.78 is 0. The molecule has 1 N–H and O–H groups in total. The Bertz CT molecular complexity index is 1000. The van der Waals surface area contributed by atoms with Crippen LogP contribution in [0.3, 0.4) is 0 Å². The second-order valence-corrected chi connectivity index (χ2v) is 6.82. The lowest BCUT2D eigenvalue weighted by Gasteiger charge is -2.35. The monoisotopic (exact) mass is 359 g/mol. The van der Waals surface area contributed by atoms with Crippen LogP contribution in [0.1, 0.15) is 21.6 Å². The van der Waals surface area contributed by atoms with E-state index in [1.807, 2.05) is 67.6 Å². The van der Waals surface area contributed by atoms with Gasteiger partial charge in [0.25, 0.3) is 5.91 Å².